The molecule has 0 saturated carbocycles. The van der Waals surface area contributed by atoms with Crippen molar-refractivity contribution in [1.29, 1.82) is 0 Å². The first kappa shape index (κ1) is 16.7. The third kappa shape index (κ3) is 3.83. The van der Waals surface area contributed by atoms with Crippen molar-refractivity contribution < 1.29 is 28.2 Å². The number of benzene rings is 1. The average Bonchev–Trinajstić information content (AvgIpc) is 2.30. The van der Waals surface area contributed by atoms with Gasteiger partial charge in [0.15, 0.2) is 0 Å². The number of sulfonamides is 1. The third-order valence-electron chi connectivity index (χ3n) is 2.16. The van der Waals surface area contributed by atoms with Crippen molar-refractivity contribution in [3.05, 3.63) is 28.2 Å². The van der Waals surface area contributed by atoms with Crippen molar-refractivity contribution in [2.75, 3.05) is 13.1 Å². The molecule has 0 aliphatic rings. The zero-order valence-corrected chi connectivity index (χ0v) is 12.1. The van der Waals surface area contributed by atoms with Gasteiger partial charge in [0.2, 0.25) is 10.0 Å². The second kappa shape index (κ2) is 6.40. The zero-order chi connectivity index (χ0) is 15.5. The van der Waals surface area contributed by atoms with Gasteiger partial charge in [0.1, 0.15) is 18.0 Å². The van der Waals surface area contributed by atoms with E-state index in [0.717, 1.165) is 6.07 Å². The number of aliphatic carboxylic acids is 2. The van der Waals surface area contributed by atoms with Gasteiger partial charge in [-0.3, -0.25) is 9.59 Å². The summed E-state index contributed by atoms with van der Waals surface area (Å²) in [5.74, 6) is -2.99. The molecule has 20 heavy (non-hydrogen) atoms. The van der Waals surface area contributed by atoms with Crippen LogP contribution in [0.4, 0.5) is 0 Å². The van der Waals surface area contributed by atoms with E-state index < -0.39 is 39.9 Å². The fraction of sp³-hybridized carbons (Fsp3) is 0.200. The van der Waals surface area contributed by atoms with Gasteiger partial charge >= 0.3 is 11.9 Å². The van der Waals surface area contributed by atoms with Crippen LogP contribution < -0.4 is 0 Å². The lowest BCUT2D eigenvalue weighted by molar-refractivity contribution is -0.139. The molecule has 0 bridgehead atoms. The highest BCUT2D eigenvalue weighted by atomic mass is 35.5. The molecular formula is C10H9Cl2NO6S. The van der Waals surface area contributed by atoms with Gasteiger partial charge in [0.05, 0.1) is 10.0 Å². The maximum absolute atomic E-state index is 12.2. The molecule has 0 aromatic heterocycles. The molecule has 0 radical (unpaired) electrons. The number of nitrogens with zero attached hydrogens (tertiary/aromatic N) is 1. The van der Waals surface area contributed by atoms with Gasteiger partial charge in [-0.05, 0) is 12.1 Å². The predicted molar refractivity (Wildman–Crippen MR) is 70.5 cm³/mol. The zero-order valence-electron chi connectivity index (χ0n) is 9.79. The Balaban J connectivity index is 3.32. The summed E-state index contributed by atoms with van der Waals surface area (Å²) >= 11 is 11.5. The van der Waals surface area contributed by atoms with Crippen LogP contribution in [0.2, 0.25) is 10.0 Å². The van der Waals surface area contributed by atoms with E-state index in [9.17, 15) is 18.0 Å². The Hall–Kier alpha value is -1.35. The van der Waals surface area contributed by atoms with Crippen LogP contribution in [0.5, 0.6) is 0 Å². The van der Waals surface area contributed by atoms with E-state index in [4.69, 9.17) is 33.4 Å². The molecule has 110 valence electrons. The quantitative estimate of drug-likeness (QED) is 0.802. The lowest BCUT2D eigenvalue weighted by atomic mass is 10.4. The number of hydrogen-bond donors (Lipinski definition) is 2. The highest BCUT2D eigenvalue weighted by Gasteiger charge is 2.30. The molecular weight excluding hydrogens is 333 g/mol. The van der Waals surface area contributed by atoms with E-state index in [0.29, 0.717) is 0 Å². The van der Waals surface area contributed by atoms with Crippen molar-refractivity contribution in [2.24, 2.45) is 0 Å². The van der Waals surface area contributed by atoms with Crippen LogP contribution in [0, 0.1) is 0 Å². The largest absolute Gasteiger partial charge is 0.480 e. The molecule has 0 aliphatic heterocycles. The number of rotatable bonds is 6. The molecule has 1 aromatic rings. The van der Waals surface area contributed by atoms with Crippen LogP contribution in [0.15, 0.2) is 23.1 Å². The van der Waals surface area contributed by atoms with Gasteiger partial charge < -0.3 is 10.2 Å². The van der Waals surface area contributed by atoms with Crippen molar-refractivity contribution in [3.63, 3.8) is 0 Å². The molecule has 0 spiro atoms. The molecule has 1 aromatic carbocycles. The van der Waals surface area contributed by atoms with E-state index >= 15 is 0 Å². The van der Waals surface area contributed by atoms with Gasteiger partial charge in [-0.2, -0.15) is 4.31 Å². The fourth-order valence-corrected chi connectivity index (χ4v) is 3.42. The summed E-state index contributed by atoms with van der Waals surface area (Å²) in [7, 11) is -4.39. The Kier molecular flexibility index (Phi) is 5.35. The summed E-state index contributed by atoms with van der Waals surface area (Å²) in [6.07, 6.45) is 0. The number of carbonyl (C=O) groups is 2. The summed E-state index contributed by atoms with van der Waals surface area (Å²) < 4.78 is 24.8. The Labute approximate surface area is 124 Å². The molecule has 0 unspecified atom stereocenters. The first-order valence-electron chi connectivity index (χ1n) is 5.04. The number of carboxylic acids is 2. The van der Waals surface area contributed by atoms with E-state index in [1.165, 1.54) is 12.1 Å². The Bertz CT molecular complexity index is 629. The van der Waals surface area contributed by atoms with Crippen molar-refractivity contribution in [1.82, 2.24) is 4.31 Å². The number of halogens is 2. The third-order valence-corrected chi connectivity index (χ3v) is 4.92. The SMILES string of the molecule is O=C(O)CN(CC(=O)O)S(=O)(=O)c1cccc(Cl)c1Cl. The Morgan fingerprint density at radius 1 is 1.10 bits per heavy atom. The van der Waals surface area contributed by atoms with Crippen LogP contribution in [0.3, 0.4) is 0 Å². The molecule has 0 heterocycles. The molecule has 0 atom stereocenters. The minimum absolute atomic E-state index is 0.0432. The lowest BCUT2D eigenvalue weighted by Gasteiger charge is -2.19. The number of carboxylic acid groups (broad SMARTS) is 2. The van der Waals surface area contributed by atoms with Crippen LogP contribution in [-0.2, 0) is 19.6 Å². The molecule has 2 N–H and O–H groups in total. The standard InChI is InChI=1S/C10H9Cl2NO6S/c11-6-2-1-3-7(10(6)12)20(18,19)13(4-8(14)15)5-9(16)17/h1-3H,4-5H2,(H,14,15)(H,16,17). The first-order valence-corrected chi connectivity index (χ1v) is 7.23. The second-order valence-corrected chi connectivity index (χ2v) is 6.30. The van der Waals surface area contributed by atoms with E-state index in [2.05, 4.69) is 0 Å². The summed E-state index contributed by atoms with van der Waals surface area (Å²) in [4.78, 5) is 20.9. The van der Waals surface area contributed by atoms with Gasteiger partial charge in [0.25, 0.3) is 0 Å². The van der Waals surface area contributed by atoms with Crippen molar-refractivity contribution >= 4 is 45.2 Å². The summed E-state index contributed by atoms with van der Waals surface area (Å²) in [6.45, 7) is -2.01. The highest BCUT2D eigenvalue weighted by Crippen LogP contribution is 2.30. The Morgan fingerprint density at radius 3 is 2.05 bits per heavy atom. The van der Waals surface area contributed by atoms with Gasteiger partial charge in [-0.1, -0.05) is 29.3 Å². The molecule has 1 rings (SSSR count). The number of hydrogen-bond acceptors (Lipinski definition) is 4. The predicted octanol–water partition coefficient (Wildman–Crippen LogP) is 1.15. The summed E-state index contributed by atoms with van der Waals surface area (Å²) in [6, 6.07) is 3.77. The van der Waals surface area contributed by atoms with Crippen LogP contribution >= 0.6 is 23.2 Å². The molecule has 0 fully saturated rings. The van der Waals surface area contributed by atoms with E-state index in [1.54, 1.807) is 0 Å². The maximum atomic E-state index is 12.2. The average molecular weight is 342 g/mol. The van der Waals surface area contributed by atoms with Gasteiger partial charge in [0, 0.05) is 0 Å². The van der Waals surface area contributed by atoms with Crippen LogP contribution in [0.1, 0.15) is 0 Å². The smallest absolute Gasteiger partial charge is 0.318 e. The fourth-order valence-electron chi connectivity index (χ4n) is 1.35. The van der Waals surface area contributed by atoms with Gasteiger partial charge in [-0.25, -0.2) is 8.42 Å². The van der Waals surface area contributed by atoms with Crippen LogP contribution in [-0.4, -0.2) is 48.0 Å². The Morgan fingerprint density at radius 2 is 1.60 bits per heavy atom. The van der Waals surface area contributed by atoms with Gasteiger partial charge in [-0.15, -0.1) is 0 Å². The minimum Gasteiger partial charge on any atom is -0.480 e. The molecule has 0 saturated heterocycles. The minimum atomic E-state index is -4.39. The van der Waals surface area contributed by atoms with E-state index in [1.807, 2.05) is 0 Å². The van der Waals surface area contributed by atoms with E-state index in [-0.39, 0.29) is 14.4 Å². The second-order valence-electron chi connectivity index (χ2n) is 3.61. The first-order chi connectivity index (χ1) is 9.16. The van der Waals surface area contributed by atoms with Crippen molar-refractivity contribution in [3.8, 4) is 0 Å². The molecule has 0 aliphatic carbocycles. The summed E-state index contributed by atoms with van der Waals surface area (Å²) in [5.41, 5.74) is 0. The summed E-state index contributed by atoms with van der Waals surface area (Å²) in [5, 5.41) is 17.0. The highest BCUT2D eigenvalue weighted by molar-refractivity contribution is 7.89. The van der Waals surface area contributed by atoms with Crippen LogP contribution in [0.25, 0.3) is 0 Å². The lowest BCUT2D eigenvalue weighted by Crippen LogP contribution is -2.39. The topological polar surface area (TPSA) is 112 Å². The monoisotopic (exact) mass is 341 g/mol. The molecule has 0 amide bonds. The normalized spacial score (nSPS) is 11.6. The van der Waals surface area contributed by atoms with Crippen molar-refractivity contribution in [2.45, 2.75) is 4.90 Å². The maximum Gasteiger partial charge on any atom is 0.318 e. The molecule has 10 heteroatoms. The molecule has 7 nitrogen and oxygen atoms in total.